The van der Waals surface area contributed by atoms with Gasteiger partial charge in [0.1, 0.15) is 23.2 Å². The van der Waals surface area contributed by atoms with Crippen LogP contribution in [0.15, 0.2) is 40.3 Å². The molecule has 0 N–H and O–H groups in total. The van der Waals surface area contributed by atoms with E-state index in [1.807, 2.05) is 6.07 Å². The van der Waals surface area contributed by atoms with Crippen molar-refractivity contribution in [1.82, 2.24) is 0 Å². The van der Waals surface area contributed by atoms with Gasteiger partial charge in [-0.2, -0.15) is 5.26 Å². The summed E-state index contributed by atoms with van der Waals surface area (Å²) in [6.07, 6.45) is 4.13. The predicted molar refractivity (Wildman–Crippen MR) is 98.2 cm³/mol. The molecule has 1 aromatic carbocycles. The Balaban J connectivity index is 2.14. The van der Waals surface area contributed by atoms with E-state index in [1.165, 1.54) is 6.08 Å². The number of carbonyl (C=O) groups excluding carboxylic acids is 1. The lowest BCUT2D eigenvalue weighted by molar-refractivity contribution is -0.138. The first-order valence-corrected chi connectivity index (χ1v) is 8.65. The van der Waals surface area contributed by atoms with Crippen molar-refractivity contribution in [2.24, 2.45) is 0 Å². The number of benzene rings is 1. The van der Waals surface area contributed by atoms with Crippen LogP contribution >= 0.6 is 23.2 Å². The van der Waals surface area contributed by atoms with Crippen LogP contribution in [0.4, 0.5) is 0 Å². The number of ether oxygens (including phenoxy) is 1. The highest BCUT2D eigenvalue weighted by molar-refractivity contribution is 6.35. The summed E-state index contributed by atoms with van der Waals surface area (Å²) in [4.78, 5) is 11.9. The number of furan rings is 1. The fraction of sp³-hybridized carbons (Fsp3) is 0.263. The number of halogens is 2. The molecule has 1 heterocycles. The maximum atomic E-state index is 11.9. The molecule has 0 fully saturated rings. The van der Waals surface area contributed by atoms with Crippen molar-refractivity contribution < 1.29 is 13.9 Å². The Kier molecular flexibility index (Phi) is 7.12. The van der Waals surface area contributed by atoms with Crippen molar-refractivity contribution in [3.63, 3.8) is 0 Å². The lowest BCUT2D eigenvalue weighted by Gasteiger charge is -2.03. The van der Waals surface area contributed by atoms with Crippen molar-refractivity contribution in [3.05, 3.63) is 51.7 Å². The molecular weight excluding hydrogens is 361 g/mol. The highest BCUT2D eigenvalue weighted by atomic mass is 35.5. The van der Waals surface area contributed by atoms with Gasteiger partial charge in [0.05, 0.1) is 11.6 Å². The summed E-state index contributed by atoms with van der Waals surface area (Å²) in [5, 5.41) is 10.2. The summed E-state index contributed by atoms with van der Waals surface area (Å²) < 4.78 is 10.7. The van der Waals surface area contributed by atoms with E-state index in [9.17, 15) is 4.79 Å². The number of esters is 1. The van der Waals surface area contributed by atoms with E-state index in [4.69, 9.17) is 37.6 Å². The fourth-order valence-electron chi connectivity index (χ4n) is 2.14. The van der Waals surface area contributed by atoms with Gasteiger partial charge in [-0.15, -0.1) is 0 Å². The molecule has 1 aromatic heterocycles. The quantitative estimate of drug-likeness (QED) is 0.261. The third-order valence-electron chi connectivity index (χ3n) is 3.43. The summed E-state index contributed by atoms with van der Waals surface area (Å²) in [6.45, 7) is 2.36. The van der Waals surface area contributed by atoms with Crippen LogP contribution in [0.3, 0.4) is 0 Å². The molecule has 0 aliphatic carbocycles. The molecule has 2 aromatic rings. The monoisotopic (exact) mass is 377 g/mol. The van der Waals surface area contributed by atoms with Crippen LogP contribution in [0, 0.1) is 11.3 Å². The standard InChI is InChI=1S/C19H17Cl2NO3/c1-2-3-4-9-24-19(23)13(12-22)10-15-6-8-18(25-15)16-11-14(20)5-7-17(16)21/h5-8,10-11H,2-4,9H2,1H3/b13-10+. The van der Waals surface area contributed by atoms with E-state index in [0.29, 0.717) is 33.7 Å². The van der Waals surface area contributed by atoms with Crippen LogP contribution in [0.2, 0.25) is 10.0 Å². The molecule has 130 valence electrons. The molecule has 0 amide bonds. The number of hydrogen-bond donors (Lipinski definition) is 0. The summed E-state index contributed by atoms with van der Waals surface area (Å²) in [5.41, 5.74) is 0.518. The van der Waals surface area contributed by atoms with Crippen molar-refractivity contribution in [1.29, 1.82) is 5.26 Å². The average Bonchev–Trinajstić information content (AvgIpc) is 3.07. The first kappa shape index (κ1) is 19.1. The zero-order valence-electron chi connectivity index (χ0n) is 13.7. The van der Waals surface area contributed by atoms with Gasteiger partial charge >= 0.3 is 5.97 Å². The van der Waals surface area contributed by atoms with Crippen molar-refractivity contribution in [2.75, 3.05) is 6.61 Å². The average molecular weight is 378 g/mol. The van der Waals surface area contributed by atoms with Gasteiger partial charge in [0.15, 0.2) is 0 Å². The molecule has 0 atom stereocenters. The Morgan fingerprint density at radius 3 is 2.80 bits per heavy atom. The molecule has 0 aliphatic heterocycles. The zero-order chi connectivity index (χ0) is 18.2. The topological polar surface area (TPSA) is 63.2 Å². The minimum Gasteiger partial charge on any atom is -0.462 e. The number of nitrogens with zero attached hydrogens (tertiary/aromatic N) is 1. The van der Waals surface area contributed by atoms with Crippen molar-refractivity contribution in [3.8, 4) is 17.4 Å². The Morgan fingerprint density at radius 2 is 2.08 bits per heavy atom. The second-order valence-corrected chi connectivity index (χ2v) is 6.18. The van der Waals surface area contributed by atoms with Gasteiger partial charge in [-0.1, -0.05) is 43.0 Å². The van der Waals surface area contributed by atoms with E-state index >= 15 is 0 Å². The molecule has 4 nitrogen and oxygen atoms in total. The second kappa shape index (κ2) is 9.31. The fourth-order valence-corrected chi connectivity index (χ4v) is 2.52. The minimum absolute atomic E-state index is 0.116. The Labute approximate surface area is 156 Å². The molecule has 0 saturated carbocycles. The maximum Gasteiger partial charge on any atom is 0.349 e. The molecule has 6 heteroatoms. The van der Waals surface area contributed by atoms with Gasteiger partial charge in [-0.25, -0.2) is 4.79 Å². The van der Waals surface area contributed by atoms with Crippen LogP contribution in [0.25, 0.3) is 17.4 Å². The lowest BCUT2D eigenvalue weighted by Crippen LogP contribution is -2.07. The highest BCUT2D eigenvalue weighted by Crippen LogP contribution is 2.32. The van der Waals surface area contributed by atoms with E-state index < -0.39 is 5.97 Å². The normalized spacial score (nSPS) is 11.2. The summed E-state index contributed by atoms with van der Waals surface area (Å²) in [7, 11) is 0. The minimum atomic E-state index is -0.655. The SMILES string of the molecule is CCCCCOC(=O)/C(C#N)=C/c1ccc(-c2cc(Cl)ccc2Cl)o1. The van der Waals surface area contributed by atoms with Crippen LogP contribution in [-0.2, 0) is 9.53 Å². The number of carbonyl (C=O) groups is 1. The first-order chi connectivity index (χ1) is 12.0. The first-order valence-electron chi connectivity index (χ1n) is 7.89. The Morgan fingerprint density at radius 1 is 1.28 bits per heavy atom. The number of rotatable bonds is 7. The van der Waals surface area contributed by atoms with Gasteiger partial charge < -0.3 is 9.15 Å². The van der Waals surface area contributed by atoms with E-state index in [2.05, 4.69) is 6.92 Å². The molecule has 0 bridgehead atoms. The molecule has 0 radical (unpaired) electrons. The van der Waals surface area contributed by atoms with E-state index in [-0.39, 0.29) is 5.57 Å². The third kappa shape index (κ3) is 5.38. The van der Waals surface area contributed by atoms with E-state index in [1.54, 1.807) is 30.3 Å². The van der Waals surface area contributed by atoms with Gasteiger partial charge in [-0.3, -0.25) is 0 Å². The van der Waals surface area contributed by atoms with Gasteiger partial charge in [0.2, 0.25) is 0 Å². The van der Waals surface area contributed by atoms with Crippen LogP contribution in [0.5, 0.6) is 0 Å². The molecule has 0 saturated heterocycles. The van der Waals surface area contributed by atoms with Crippen LogP contribution < -0.4 is 0 Å². The second-order valence-electron chi connectivity index (χ2n) is 5.34. The van der Waals surface area contributed by atoms with Gasteiger partial charge in [0, 0.05) is 16.7 Å². The van der Waals surface area contributed by atoms with E-state index in [0.717, 1.165) is 19.3 Å². The highest BCUT2D eigenvalue weighted by Gasteiger charge is 2.13. The smallest absolute Gasteiger partial charge is 0.349 e. The number of nitriles is 1. The maximum absolute atomic E-state index is 11.9. The largest absolute Gasteiger partial charge is 0.462 e. The molecule has 25 heavy (non-hydrogen) atoms. The summed E-state index contributed by atoms with van der Waals surface area (Å²) >= 11 is 12.1. The third-order valence-corrected chi connectivity index (χ3v) is 3.99. The molecule has 0 aliphatic rings. The predicted octanol–water partition coefficient (Wildman–Crippen LogP) is 5.89. The molecular formula is C19H17Cl2NO3. The molecule has 0 unspecified atom stereocenters. The Bertz CT molecular complexity index is 818. The number of hydrogen-bond acceptors (Lipinski definition) is 4. The number of unbranched alkanes of at least 4 members (excludes halogenated alkanes) is 2. The summed E-state index contributed by atoms with van der Waals surface area (Å²) in [5.74, 6) is 0.192. The summed E-state index contributed by atoms with van der Waals surface area (Å²) in [6, 6.07) is 10.2. The van der Waals surface area contributed by atoms with Gasteiger partial charge in [0.25, 0.3) is 0 Å². The van der Waals surface area contributed by atoms with Crippen molar-refractivity contribution in [2.45, 2.75) is 26.2 Å². The molecule has 2 rings (SSSR count). The van der Waals surface area contributed by atoms with Gasteiger partial charge in [-0.05, 0) is 36.8 Å². The zero-order valence-corrected chi connectivity index (χ0v) is 15.2. The lowest BCUT2D eigenvalue weighted by atomic mass is 10.2. The van der Waals surface area contributed by atoms with Crippen molar-refractivity contribution >= 4 is 35.2 Å². The van der Waals surface area contributed by atoms with Crippen LogP contribution in [0.1, 0.15) is 31.9 Å². The van der Waals surface area contributed by atoms with Crippen LogP contribution in [-0.4, -0.2) is 12.6 Å². The Hall–Kier alpha value is -2.22. The molecule has 0 spiro atoms.